The third-order valence-electron chi connectivity index (χ3n) is 3.96. The van der Waals surface area contributed by atoms with Crippen molar-refractivity contribution in [3.63, 3.8) is 0 Å². The van der Waals surface area contributed by atoms with E-state index in [2.05, 4.69) is 15.8 Å². The molecule has 0 unspecified atom stereocenters. The minimum absolute atomic E-state index is 0.0725. The summed E-state index contributed by atoms with van der Waals surface area (Å²) in [5.41, 5.74) is 4.29. The summed E-state index contributed by atoms with van der Waals surface area (Å²) in [5.74, 6) is -2.09. The Morgan fingerprint density at radius 2 is 1.64 bits per heavy atom. The smallest absolute Gasteiger partial charge is 0.355 e. The van der Waals surface area contributed by atoms with Gasteiger partial charge in [-0.3, -0.25) is 25.2 Å². The molecule has 0 aliphatic heterocycles. The molecule has 0 radical (unpaired) electrons. The first kappa shape index (κ1) is 18.8. The first-order chi connectivity index (χ1) is 13.5. The molecule has 8 nitrogen and oxygen atoms in total. The number of nitrogens with one attached hydrogen (secondary N) is 3. The molecule has 0 aliphatic carbocycles. The minimum Gasteiger partial charge on any atom is -0.448 e. The van der Waals surface area contributed by atoms with E-state index in [1.54, 1.807) is 54.6 Å². The van der Waals surface area contributed by atoms with Gasteiger partial charge < -0.3 is 9.72 Å². The molecule has 142 valence electrons. The Morgan fingerprint density at radius 3 is 2.39 bits per heavy atom. The zero-order valence-electron chi connectivity index (χ0n) is 14.9. The number of hydrazine groups is 1. The van der Waals surface area contributed by atoms with Crippen LogP contribution in [0.4, 0.5) is 0 Å². The first-order valence-electron chi connectivity index (χ1n) is 8.44. The van der Waals surface area contributed by atoms with Crippen LogP contribution in [-0.4, -0.2) is 28.9 Å². The number of aromatic amines is 1. The summed E-state index contributed by atoms with van der Waals surface area (Å²) in [4.78, 5) is 50.7. The van der Waals surface area contributed by atoms with E-state index in [-0.39, 0.29) is 5.69 Å². The highest BCUT2D eigenvalue weighted by atomic mass is 16.5. The maximum absolute atomic E-state index is 12.3. The van der Waals surface area contributed by atoms with Crippen molar-refractivity contribution in [2.75, 3.05) is 0 Å². The molecule has 0 saturated carbocycles. The number of aromatic nitrogens is 1. The lowest BCUT2D eigenvalue weighted by molar-refractivity contribution is -0.129. The molecule has 1 aromatic heterocycles. The third-order valence-corrected chi connectivity index (χ3v) is 3.96. The van der Waals surface area contributed by atoms with Crippen LogP contribution in [0, 0.1) is 0 Å². The molecule has 0 aliphatic rings. The average Bonchev–Trinajstić information content (AvgIpc) is 2.72. The molecule has 0 saturated heterocycles. The highest BCUT2D eigenvalue weighted by Gasteiger charge is 2.20. The van der Waals surface area contributed by atoms with Gasteiger partial charge in [-0.1, -0.05) is 36.4 Å². The Kier molecular flexibility index (Phi) is 5.50. The number of carbonyl (C=O) groups is 3. The lowest BCUT2D eigenvalue weighted by Crippen LogP contribution is -2.46. The quantitative estimate of drug-likeness (QED) is 0.469. The summed E-state index contributed by atoms with van der Waals surface area (Å²) in [7, 11) is 0. The topological polar surface area (TPSA) is 117 Å². The second-order valence-electron chi connectivity index (χ2n) is 5.96. The number of hydrogen-bond donors (Lipinski definition) is 3. The molecule has 1 heterocycles. The van der Waals surface area contributed by atoms with Crippen molar-refractivity contribution in [1.29, 1.82) is 0 Å². The van der Waals surface area contributed by atoms with Crippen molar-refractivity contribution < 1.29 is 19.1 Å². The molecule has 1 atom stereocenters. The highest BCUT2D eigenvalue weighted by molar-refractivity contribution is 5.97. The SMILES string of the molecule is C[C@@H](OC(=O)c1cc2ccccc2c(=O)[nH]1)C(=O)NNC(=O)c1ccccc1. The van der Waals surface area contributed by atoms with Crippen LogP contribution in [0.15, 0.2) is 65.5 Å². The van der Waals surface area contributed by atoms with Crippen molar-refractivity contribution in [2.24, 2.45) is 0 Å². The van der Waals surface area contributed by atoms with Gasteiger partial charge >= 0.3 is 5.97 Å². The monoisotopic (exact) mass is 379 g/mol. The molecule has 3 aromatic rings. The van der Waals surface area contributed by atoms with E-state index in [1.807, 2.05) is 0 Å². The number of pyridine rings is 1. The maximum Gasteiger partial charge on any atom is 0.355 e. The molecular weight excluding hydrogens is 362 g/mol. The van der Waals surface area contributed by atoms with Crippen molar-refractivity contribution in [2.45, 2.75) is 13.0 Å². The van der Waals surface area contributed by atoms with Crippen molar-refractivity contribution in [3.8, 4) is 0 Å². The van der Waals surface area contributed by atoms with Crippen LogP contribution >= 0.6 is 0 Å². The van der Waals surface area contributed by atoms with Crippen LogP contribution < -0.4 is 16.4 Å². The van der Waals surface area contributed by atoms with Crippen molar-refractivity contribution in [3.05, 3.63) is 82.3 Å². The lowest BCUT2D eigenvalue weighted by Gasteiger charge is -2.14. The van der Waals surface area contributed by atoms with E-state index in [0.717, 1.165) is 0 Å². The lowest BCUT2D eigenvalue weighted by atomic mass is 10.1. The van der Waals surface area contributed by atoms with E-state index in [0.29, 0.717) is 16.3 Å². The van der Waals surface area contributed by atoms with E-state index in [1.165, 1.54) is 13.0 Å². The average molecular weight is 379 g/mol. The van der Waals surface area contributed by atoms with Crippen LogP contribution in [0.1, 0.15) is 27.8 Å². The standard InChI is InChI=1S/C20H17N3O5/c1-12(17(24)22-23-18(25)13-7-3-2-4-8-13)28-20(27)16-11-14-9-5-6-10-15(14)19(26)21-16/h2-12H,1H3,(H,21,26)(H,22,24)(H,23,25)/t12-/m1/s1. The molecule has 0 fully saturated rings. The molecule has 28 heavy (non-hydrogen) atoms. The van der Waals surface area contributed by atoms with Gasteiger partial charge in [0.2, 0.25) is 0 Å². The van der Waals surface area contributed by atoms with Gasteiger partial charge in [-0.25, -0.2) is 4.79 Å². The number of fused-ring (bicyclic) bond motifs is 1. The third kappa shape index (κ3) is 4.24. The fraction of sp³-hybridized carbons (Fsp3) is 0.100. The van der Waals surface area contributed by atoms with Gasteiger partial charge in [0.1, 0.15) is 5.69 Å². The Labute approximate surface area is 159 Å². The van der Waals surface area contributed by atoms with Gasteiger partial charge in [-0.2, -0.15) is 0 Å². The van der Waals surface area contributed by atoms with Crippen molar-refractivity contribution >= 4 is 28.6 Å². The Morgan fingerprint density at radius 1 is 0.964 bits per heavy atom. The number of amides is 2. The van der Waals surface area contributed by atoms with E-state index >= 15 is 0 Å². The van der Waals surface area contributed by atoms with Crippen LogP contribution in [-0.2, 0) is 9.53 Å². The number of carbonyl (C=O) groups excluding carboxylic acids is 3. The first-order valence-corrected chi connectivity index (χ1v) is 8.44. The Bertz CT molecular complexity index is 1090. The van der Waals surface area contributed by atoms with Gasteiger partial charge in [0.05, 0.1) is 0 Å². The highest BCUT2D eigenvalue weighted by Crippen LogP contribution is 2.11. The fourth-order valence-electron chi connectivity index (χ4n) is 2.48. The second-order valence-corrected chi connectivity index (χ2v) is 5.96. The van der Waals surface area contributed by atoms with Gasteiger partial charge in [0.25, 0.3) is 17.4 Å². The molecular formula is C20H17N3O5. The zero-order chi connectivity index (χ0) is 20.1. The summed E-state index contributed by atoms with van der Waals surface area (Å²) >= 11 is 0. The zero-order valence-corrected chi connectivity index (χ0v) is 14.9. The molecule has 8 heteroatoms. The molecule has 0 bridgehead atoms. The summed E-state index contributed by atoms with van der Waals surface area (Å²) in [6.45, 7) is 1.35. The summed E-state index contributed by atoms with van der Waals surface area (Å²) in [6.07, 6.45) is -1.20. The molecule has 3 rings (SSSR count). The maximum atomic E-state index is 12.3. The van der Waals surface area contributed by atoms with Gasteiger partial charge in [-0.05, 0) is 36.6 Å². The van der Waals surface area contributed by atoms with Crippen LogP contribution in [0.5, 0.6) is 0 Å². The van der Waals surface area contributed by atoms with Gasteiger partial charge in [-0.15, -0.1) is 0 Å². The van der Waals surface area contributed by atoms with Crippen molar-refractivity contribution in [1.82, 2.24) is 15.8 Å². The van der Waals surface area contributed by atoms with Crippen LogP contribution in [0.2, 0.25) is 0 Å². The molecule has 2 amide bonds. The number of hydrogen-bond acceptors (Lipinski definition) is 5. The number of H-pyrrole nitrogens is 1. The molecule has 3 N–H and O–H groups in total. The normalized spacial score (nSPS) is 11.5. The molecule has 2 aromatic carbocycles. The number of esters is 1. The number of benzene rings is 2. The summed E-state index contributed by atoms with van der Waals surface area (Å²) < 4.78 is 5.07. The van der Waals surface area contributed by atoms with Crippen LogP contribution in [0.3, 0.4) is 0 Å². The number of ether oxygens (including phenoxy) is 1. The predicted octanol–water partition coefficient (Wildman–Crippen LogP) is 1.53. The number of rotatable bonds is 4. The minimum atomic E-state index is -1.20. The largest absolute Gasteiger partial charge is 0.448 e. The Hall–Kier alpha value is -3.94. The van der Waals surface area contributed by atoms with Gasteiger partial charge in [0, 0.05) is 10.9 Å². The van der Waals surface area contributed by atoms with E-state index in [9.17, 15) is 19.2 Å². The summed E-state index contributed by atoms with van der Waals surface area (Å²) in [5, 5.41) is 1.01. The van der Waals surface area contributed by atoms with E-state index in [4.69, 9.17) is 4.74 Å². The fourth-order valence-corrected chi connectivity index (χ4v) is 2.48. The second kappa shape index (κ2) is 8.17. The van der Waals surface area contributed by atoms with Crippen LogP contribution in [0.25, 0.3) is 10.8 Å². The Balaban J connectivity index is 1.61. The molecule has 0 spiro atoms. The van der Waals surface area contributed by atoms with Gasteiger partial charge in [0.15, 0.2) is 6.10 Å². The summed E-state index contributed by atoms with van der Waals surface area (Å²) in [6, 6.07) is 16.5. The van der Waals surface area contributed by atoms with E-state index < -0.39 is 29.4 Å². The predicted molar refractivity (Wildman–Crippen MR) is 101 cm³/mol.